The third-order valence-corrected chi connectivity index (χ3v) is 7.48. The maximum Gasteiger partial charge on any atom is 0.277 e. The van der Waals surface area contributed by atoms with Crippen LogP contribution in [-0.4, -0.2) is 21.9 Å². The molecule has 2 aromatic heterocycles. The minimum absolute atomic E-state index is 0.116. The first-order valence-corrected chi connectivity index (χ1v) is 12.8. The molecule has 0 saturated heterocycles. The summed E-state index contributed by atoms with van der Waals surface area (Å²) in [4.78, 5) is 13.7. The maximum atomic E-state index is 12.5. The van der Waals surface area contributed by atoms with Crippen molar-refractivity contribution in [3.8, 4) is 11.8 Å². The average molecular weight is 483 g/mol. The number of aryl methyl sites for hydroxylation is 2. The zero-order valence-corrected chi connectivity index (χ0v) is 20.6. The van der Waals surface area contributed by atoms with E-state index in [4.69, 9.17) is 9.15 Å². The van der Waals surface area contributed by atoms with Gasteiger partial charge in [-0.15, -0.1) is 21.5 Å². The number of ether oxygens (including phenoxy) is 1. The van der Waals surface area contributed by atoms with Gasteiger partial charge in [-0.1, -0.05) is 37.7 Å². The first kappa shape index (κ1) is 23.3. The molecule has 4 rings (SSSR count). The largest absolute Gasteiger partial charge is 0.484 e. The summed E-state index contributed by atoms with van der Waals surface area (Å²) in [7, 11) is 0. The number of nitriles is 1. The number of benzene rings is 1. The minimum Gasteiger partial charge on any atom is -0.484 e. The number of thioether (sulfide) groups is 1. The van der Waals surface area contributed by atoms with Gasteiger partial charge in [0, 0.05) is 4.88 Å². The molecule has 1 aliphatic rings. The van der Waals surface area contributed by atoms with Crippen molar-refractivity contribution >= 4 is 34.0 Å². The zero-order chi connectivity index (χ0) is 23.4. The molecule has 172 valence electrons. The third-order valence-electron chi connectivity index (χ3n) is 5.45. The lowest BCUT2D eigenvalue weighted by atomic mass is 9.96. The van der Waals surface area contributed by atoms with Gasteiger partial charge in [-0.05, 0) is 61.3 Å². The second-order valence-corrected chi connectivity index (χ2v) is 10.3. The van der Waals surface area contributed by atoms with Crippen LogP contribution < -0.4 is 10.1 Å². The molecular formula is C24H26N4O3S2. The molecule has 0 saturated carbocycles. The van der Waals surface area contributed by atoms with Crippen molar-refractivity contribution in [2.45, 2.75) is 64.2 Å². The van der Waals surface area contributed by atoms with Gasteiger partial charge in [-0.2, -0.15) is 5.26 Å². The summed E-state index contributed by atoms with van der Waals surface area (Å²) >= 11 is 2.68. The fourth-order valence-corrected chi connectivity index (χ4v) is 5.64. The van der Waals surface area contributed by atoms with Crippen LogP contribution in [0, 0.1) is 18.3 Å². The van der Waals surface area contributed by atoms with Crippen LogP contribution in [0.4, 0.5) is 5.00 Å². The second kappa shape index (κ2) is 10.4. The molecule has 1 aromatic carbocycles. The highest BCUT2D eigenvalue weighted by Gasteiger charge is 2.22. The van der Waals surface area contributed by atoms with Gasteiger partial charge in [0.2, 0.25) is 5.91 Å². The van der Waals surface area contributed by atoms with E-state index in [-0.39, 0.29) is 18.3 Å². The number of carbonyl (C=O) groups excluding carboxylic acids is 1. The average Bonchev–Trinajstić information content (AvgIpc) is 3.39. The van der Waals surface area contributed by atoms with Crippen molar-refractivity contribution in [2.75, 3.05) is 11.1 Å². The van der Waals surface area contributed by atoms with Crippen molar-refractivity contribution in [3.63, 3.8) is 0 Å². The van der Waals surface area contributed by atoms with E-state index >= 15 is 0 Å². The number of carbonyl (C=O) groups is 1. The van der Waals surface area contributed by atoms with Gasteiger partial charge < -0.3 is 14.5 Å². The number of nitrogens with zero attached hydrogens (tertiary/aromatic N) is 3. The summed E-state index contributed by atoms with van der Waals surface area (Å²) in [5.41, 5.74) is 3.96. The van der Waals surface area contributed by atoms with E-state index in [0.29, 0.717) is 27.6 Å². The van der Waals surface area contributed by atoms with Gasteiger partial charge in [0.25, 0.3) is 11.1 Å². The number of hydrogen-bond acceptors (Lipinski definition) is 8. The van der Waals surface area contributed by atoms with E-state index < -0.39 is 0 Å². The Morgan fingerprint density at radius 1 is 1.33 bits per heavy atom. The Balaban J connectivity index is 1.32. The van der Waals surface area contributed by atoms with Crippen molar-refractivity contribution in [1.29, 1.82) is 5.26 Å². The van der Waals surface area contributed by atoms with Gasteiger partial charge in [0.15, 0.2) is 6.61 Å². The second-order valence-electron chi connectivity index (χ2n) is 8.31. The van der Waals surface area contributed by atoms with E-state index in [0.717, 1.165) is 59.9 Å². The van der Waals surface area contributed by atoms with E-state index in [2.05, 4.69) is 47.6 Å². The van der Waals surface area contributed by atoms with E-state index in [1.165, 1.54) is 16.2 Å². The van der Waals surface area contributed by atoms with E-state index in [1.54, 1.807) is 0 Å². The molecule has 0 atom stereocenters. The summed E-state index contributed by atoms with van der Waals surface area (Å²) in [6.07, 6.45) is 4.11. The quantitative estimate of drug-likeness (QED) is 0.416. The van der Waals surface area contributed by atoms with Crippen molar-refractivity contribution in [2.24, 2.45) is 0 Å². The number of amides is 1. The predicted molar refractivity (Wildman–Crippen MR) is 129 cm³/mol. The van der Waals surface area contributed by atoms with Gasteiger partial charge >= 0.3 is 0 Å². The van der Waals surface area contributed by atoms with Crippen LogP contribution in [0.1, 0.15) is 65.6 Å². The van der Waals surface area contributed by atoms with Crippen LogP contribution in [0.3, 0.4) is 0 Å². The Morgan fingerprint density at radius 3 is 2.94 bits per heavy atom. The van der Waals surface area contributed by atoms with Crippen molar-refractivity contribution < 1.29 is 13.9 Å². The van der Waals surface area contributed by atoms with Gasteiger partial charge in [0.05, 0.1) is 11.3 Å². The SMILES string of the molecule is Cc1ccc(C(C)C)c(OCc2nnc(SCC(=O)Nc3sc4c(c3C#N)CCCC4)o2)c1. The Hall–Kier alpha value is -2.83. The number of nitrogens with one attached hydrogen (secondary N) is 1. The highest BCUT2D eigenvalue weighted by molar-refractivity contribution is 7.99. The van der Waals surface area contributed by atoms with Crippen molar-refractivity contribution in [1.82, 2.24) is 10.2 Å². The highest BCUT2D eigenvalue weighted by atomic mass is 32.2. The first-order chi connectivity index (χ1) is 15.9. The predicted octanol–water partition coefficient (Wildman–Crippen LogP) is 5.62. The fourth-order valence-electron chi connectivity index (χ4n) is 3.80. The lowest BCUT2D eigenvalue weighted by molar-refractivity contribution is -0.113. The Labute approximate surface area is 201 Å². The fraction of sp³-hybridized carbons (Fsp3) is 0.417. The number of thiophene rings is 1. The van der Waals surface area contributed by atoms with E-state index in [9.17, 15) is 10.1 Å². The smallest absolute Gasteiger partial charge is 0.277 e. The molecule has 0 bridgehead atoms. The molecule has 3 aromatic rings. The summed E-state index contributed by atoms with van der Waals surface area (Å²) in [6.45, 7) is 6.42. The van der Waals surface area contributed by atoms with Gasteiger partial charge in [-0.3, -0.25) is 4.79 Å². The molecule has 0 spiro atoms. The molecular weight excluding hydrogens is 456 g/mol. The normalized spacial score (nSPS) is 12.9. The molecule has 0 fully saturated rings. The first-order valence-electron chi connectivity index (χ1n) is 11.0. The number of hydrogen-bond donors (Lipinski definition) is 1. The van der Waals surface area contributed by atoms with Crippen LogP contribution >= 0.6 is 23.1 Å². The molecule has 0 unspecified atom stereocenters. The molecule has 33 heavy (non-hydrogen) atoms. The number of aromatic nitrogens is 2. The summed E-state index contributed by atoms with van der Waals surface area (Å²) in [5, 5.41) is 21.4. The van der Waals surface area contributed by atoms with Crippen LogP contribution in [0.25, 0.3) is 0 Å². The van der Waals surface area contributed by atoms with Crippen LogP contribution in [0.15, 0.2) is 27.8 Å². The number of rotatable bonds is 8. The topological polar surface area (TPSA) is 101 Å². The maximum absolute atomic E-state index is 12.5. The third kappa shape index (κ3) is 5.57. The van der Waals surface area contributed by atoms with Crippen LogP contribution in [0.2, 0.25) is 0 Å². The zero-order valence-electron chi connectivity index (χ0n) is 18.9. The molecule has 0 radical (unpaired) electrons. The molecule has 0 aliphatic heterocycles. The Bertz CT molecular complexity index is 1190. The Morgan fingerprint density at radius 2 is 2.15 bits per heavy atom. The van der Waals surface area contributed by atoms with E-state index in [1.807, 2.05) is 13.0 Å². The van der Waals surface area contributed by atoms with Gasteiger partial charge in [-0.25, -0.2) is 0 Å². The van der Waals surface area contributed by atoms with Crippen molar-refractivity contribution in [3.05, 3.63) is 51.2 Å². The molecule has 2 heterocycles. The standard InChI is InChI=1S/C24H26N4O3S2/c1-14(2)16-9-8-15(3)10-19(16)30-12-22-27-28-24(31-22)32-13-21(29)26-23-18(11-25)17-6-4-5-7-20(17)33-23/h8-10,14H,4-7,12-13H2,1-3H3,(H,26,29). The lowest BCUT2D eigenvalue weighted by Crippen LogP contribution is -2.14. The lowest BCUT2D eigenvalue weighted by Gasteiger charge is -2.13. The highest BCUT2D eigenvalue weighted by Crippen LogP contribution is 2.37. The summed E-state index contributed by atoms with van der Waals surface area (Å²) < 4.78 is 11.6. The number of anilines is 1. The van der Waals surface area contributed by atoms with Crippen LogP contribution in [0.5, 0.6) is 5.75 Å². The minimum atomic E-state index is -0.201. The molecule has 1 N–H and O–H groups in total. The Kier molecular flexibility index (Phi) is 7.36. The van der Waals surface area contributed by atoms with Crippen LogP contribution in [-0.2, 0) is 24.2 Å². The van der Waals surface area contributed by atoms with Gasteiger partial charge in [0.1, 0.15) is 16.8 Å². The molecule has 1 aliphatic carbocycles. The molecule has 7 nitrogen and oxygen atoms in total. The molecule has 1 amide bonds. The summed E-state index contributed by atoms with van der Waals surface area (Å²) in [5.74, 6) is 1.41. The summed E-state index contributed by atoms with van der Waals surface area (Å²) in [6, 6.07) is 8.41. The monoisotopic (exact) mass is 482 g/mol. The number of fused-ring (bicyclic) bond motifs is 1. The molecule has 9 heteroatoms.